The number of imidazole rings is 1. The standard InChI is InChI=1S/C16H11N3O2/c1-10-6-2-3-7-11(10)19-15(20)13-14(16(19)21)18-9-5-4-8-12(18)17-13/h2-9H,1H3. The predicted octanol–water partition coefficient (Wildman–Crippen LogP) is 2.44. The highest BCUT2D eigenvalue weighted by molar-refractivity contribution is 6.33. The molecule has 1 aromatic carbocycles. The lowest BCUT2D eigenvalue weighted by atomic mass is 10.2. The van der Waals surface area contributed by atoms with Crippen molar-refractivity contribution in [2.24, 2.45) is 0 Å². The Bertz CT molecular complexity index is 911. The third-order valence-electron chi connectivity index (χ3n) is 3.70. The molecule has 5 heteroatoms. The van der Waals surface area contributed by atoms with Gasteiger partial charge in [-0.1, -0.05) is 24.3 Å². The van der Waals surface area contributed by atoms with Crippen LogP contribution in [0.4, 0.5) is 5.69 Å². The Hall–Kier alpha value is -2.95. The number of anilines is 1. The molecule has 102 valence electrons. The molecule has 0 unspecified atom stereocenters. The monoisotopic (exact) mass is 277 g/mol. The molecule has 0 saturated heterocycles. The van der Waals surface area contributed by atoms with E-state index in [0.717, 1.165) is 5.56 Å². The van der Waals surface area contributed by atoms with Gasteiger partial charge >= 0.3 is 0 Å². The number of hydrogen-bond acceptors (Lipinski definition) is 3. The highest BCUT2D eigenvalue weighted by atomic mass is 16.2. The number of benzene rings is 1. The third kappa shape index (κ3) is 1.48. The summed E-state index contributed by atoms with van der Waals surface area (Å²) in [6, 6.07) is 12.7. The summed E-state index contributed by atoms with van der Waals surface area (Å²) in [4.78, 5) is 30.7. The first-order valence-corrected chi connectivity index (χ1v) is 6.60. The van der Waals surface area contributed by atoms with E-state index >= 15 is 0 Å². The Morgan fingerprint density at radius 3 is 2.52 bits per heavy atom. The van der Waals surface area contributed by atoms with Crippen molar-refractivity contribution in [1.82, 2.24) is 9.38 Å². The number of nitrogens with zero attached hydrogens (tertiary/aromatic N) is 3. The van der Waals surface area contributed by atoms with Gasteiger partial charge in [0.25, 0.3) is 11.8 Å². The topological polar surface area (TPSA) is 54.7 Å². The van der Waals surface area contributed by atoms with E-state index in [1.54, 1.807) is 22.7 Å². The molecular formula is C16H11N3O2. The molecule has 1 aliphatic heterocycles. The normalized spacial score (nSPS) is 14.0. The summed E-state index contributed by atoms with van der Waals surface area (Å²) >= 11 is 0. The number of para-hydroxylation sites is 1. The lowest BCUT2D eigenvalue weighted by Crippen LogP contribution is -2.31. The van der Waals surface area contributed by atoms with Crippen molar-refractivity contribution in [2.75, 3.05) is 4.90 Å². The molecule has 2 amide bonds. The minimum atomic E-state index is -0.368. The molecule has 0 bridgehead atoms. The molecule has 0 aliphatic carbocycles. The van der Waals surface area contributed by atoms with Crippen molar-refractivity contribution in [2.45, 2.75) is 6.92 Å². The minimum Gasteiger partial charge on any atom is -0.295 e. The van der Waals surface area contributed by atoms with E-state index in [-0.39, 0.29) is 17.5 Å². The van der Waals surface area contributed by atoms with Crippen LogP contribution in [-0.2, 0) is 0 Å². The van der Waals surface area contributed by atoms with Crippen LogP contribution in [0.25, 0.3) is 5.65 Å². The van der Waals surface area contributed by atoms with Crippen molar-refractivity contribution >= 4 is 23.1 Å². The van der Waals surface area contributed by atoms with Gasteiger partial charge in [-0.05, 0) is 30.7 Å². The van der Waals surface area contributed by atoms with E-state index in [9.17, 15) is 9.59 Å². The zero-order valence-electron chi connectivity index (χ0n) is 11.3. The molecule has 21 heavy (non-hydrogen) atoms. The first-order chi connectivity index (χ1) is 10.2. The van der Waals surface area contributed by atoms with Crippen molar-refractivity contribution in [3.8, 4) is 0 Å². The highest BCUT2D eigenvalue weighted by Gasteiger charge is 2.41. The fraction of sp³-hybridized carbons (Fsp3) is 0.0625. The summed E-state index contributed by atoms with van der Waals surface area (Å²) in [5, 5.41) is 0. The van der Waals surface area contributed by atoms with Crippen molar-refractivity contribution < 1.29 is 9.59 Å². The second-order valence-corrected chi connectivity index (χ2v) is 4.97. The number of fused-ring (bicyclic) bond motifs is 3. The summed E-state index contributed by atoms with van der Waals surface area (Å²) in [6.07, 6.45) is 1.74. The van der Waals surface area contributed by atoms with Gasteiger partial charge in [-0.3, -0.25) is 14.0 Å². The van der Waals surface area contributed by atoms with Gasteiger partial charge in [0.2, 0.25) is 0 Å². The fourth-order valence-electron chi connectivity index (χ4n) is 2.69. The fourth-order valence-corrected chi connectivity index (χ4v) is 2.69. The van der Waals surface area contributed by atoms with E-state index in [0.29, 0.717) is 17.0 Å². The molecule has 0 atom stereocenters. The Kier molecular flexibility index (Phi) is 2.27. The lowest BCUT2D eigenvalue weighted by Gasteiger charge is -2.16. The largest absolute Gasteiger partial charge is 0.295 e. The number of carbonyl (C=O) groups is 2. The number of aryl methyl sites for hydroxylation is 1. The summed E-state index contributed by atoms with van der Waals surface area (Å²) in [5.74, 6) is -0.698. The van der Waals surface area contributed by atoms with Crippen molar-refractivity contribution in [3.63, 3.8) is 0 Å². The van der Waals surface area contributed by atoms with Crippen molar-refractivity contribution in [1.29, 1.82) is 0 Å². The number of hydrogen-bond donors (Lipinski definition) is 0. The number of amides is 2. The summed E-state index contributed by atoms with van der Waals surface area (Å²) in [5.41, 5.74) is 2.63. The minimum absolute atomic E-state index is 0.217. The van der Waals surface area contributed by atoms with E-state index in [4.69, 9.17) is 0 Å². The van der Waals surface area contributed by atoms with Gasteiger partial charge in [-0.25, -0.2) is 9.88 Å². The molecule has 3 heterocycles. The van der Waals surface area contributed by atoms with Crippen LogP contribution in [0.2, 0.25) is 0 Å². The van der Waals surface area contributed by atoms with E-state index in [2.05, 4.69) is 4.98 Å². The Morgan fingerprint density at radius 1 is 0.952 bits per heavy atom. The van der Waals surface area contributed by atoms with Crippen LogP contribution in [0.15, 0.2) is 48.7 Å². The summed E-state index contributed by atoms with van der Waals surface area (Å²) in [7, 11) is 0. The van der Waals surface area contributed by atoms with Crippen LogP contribution in [0.3, 0.4) is 0 Å². The van der Waals surface area contributed by atoms with Crippen LogP contribution < -0.4 is 4.90 Å². The maximum Gasteiger partial charge on any atom is 0.286 e. The van der Waals surface area contributed by atoms with E-state index in [1.165, 1.54) is 4.90 Å². The average molecular weight is 277 g/mol. The maximum absolute atomic E-state index is 12.7. The van der Waals surface area contributed by atoms with Crippen LogP contribution >= 0.6 is 0 Å². The van der Waals surface area contributed by atoms with Gasteiger partial charge in [0.05, 0.1) is 5.69 Å². The lowest BCUT2D eigenvalue weighted by molar-refractivity contribution is 0.0922. The predicted molar refractivity (Wildman–Crippen MR) is 77.5 cm³/mol. The van der Waals surface area contributed by atoms with Gasteiger partial charge < -0.3 is 0 Å². The molecule has 1 aliphatic rings. The average Bonchev–Trinajstić information content (AvgIpc) is 2.98. The van der Waals surface area contributed by atoms with Crippen molar-refractivity contribution in [3.05, 3.63) is 65.6 Å². The smallest absolute Gasteiger partial charge is 0.286 e. The van der Waals surface area contributed by atoms with Gasteiger partial charge in [0.1, 0.15) is 11.3 Å². The molecule has 0 spiro atoms. The molecule has 2 aromatic heterocycles. The molecule has 0 N–H and O–H groups in total. The van der Waals surface area contributed by atoms with Gasteiger partial charge in [-0.2, -0.15) is 0 Å². The quantitative estimate of drug-likeness (QED) is 0.642. The van der Waals surface area contributed by atoms with Gasteiger partial charge in [0.15, 0.2) is 5.69 Å². The second kappa shape index (κ2) is 4.02. The maximum atomic E-state index is 12.7. The van der Waals surface area contributed by atoms with Crippen LogP contribution in [0.1, 0.15) is 26.5 Å². The first-order valence-electron chi connectivity index (χ1n) is 6.60. The second-order valence-electron chi connectivity index (χ2n) is 4.97. The van der Waals surface area contributed by atoms with E-state index < -0.39 is 0 Å². The Morgan fingerprint density at radius 2 is 1.71 bits per heavy atom. The number of carbonyl (C=O) groups excluding carboxylic acids is 2. The third-order valence-corrected chi connectivity index (χ3v) is 3.70. The molecular weight excluding hydrogens is 266 g/mol. The molecule has 3 aromatic rings. The highest BCUT2D eigenvalue weighted by Crippen LogP contribution is 2.30. The number of imide groups is 1. The Balaban J connectivity index is 1.94. The number of aromatic nitrogens is 2. The Labute approximate surface area is 120 Å². The van der Waals surface area contributed by atoms with E-state index in [1.807, 2.05) is 37.3 Å². The molecule has 4 rings (SSSR count). The van der Waals surface area contributed by atoms with Gasteiger partial charge in [-0.15, -0.1) is 0 Å². The molecule has 5 nitrogen and oxygen atoms in total. The molecule has 0 radical (unpaired) electrons. The number of rotatable bonds is 1. The summed E-state index contributed by atoms with van der Waals surface area (Å²) < 4.78 is 1.66. The zero-order valence-corrected chi connectivity index (χ0v) is 11.3. The molecule has 0 saturated carbocycles. The summed E-state index contributed by atoms with van der Waals surface area (Å²) in [6.45, 7) is 1.87. The molecule has 0 fully saturated rings. The van der Waals surface area contributed by atoms with Crippen LogP contribution in [-0.4, -0.2) is 21.2 Å². The van der Waals surface area contributed by atoms with Gasteiger partial charge in [0, 0.05) is 6.20 Å². The SMILES string of the molecule is Cc1ccccc1N1C(=O)c2nc3ccccn3c2C1=O. The zero-order chi connectivity index (χ0) is 14.6. The first kappa shape index (κ1) is 11.8. The van der Waals surface area contributed by atoms with Crippen LogP contribution in [0, 0.1) is 6.92 Å². The number of pyridine rings is 1. The van der Waals surface area contributed by atoms with Crippen LogP contribution in [0.5, 0.6) is 0 Å².